The van der Waals surface area contributed by atoms with E-state index >= 15 is 0 Å². The SMILES string of the molecule is CO/N=C1\CCc2cc(-c3nc(-c4ccc(OCCN(C)C)cc4)[nH]c3-c3ccccc3)ccc21. The van der Waals surface area contributed by atoms with Crippen LogP contribution < -0.4 is 4.74 Å². The van der Waals surface area contributed by atoms with E-state index in [2.05, 4.69) is 69.6 Å². The van der Waals surface area contributed by atoms with Gasteiger partial charge in [-0.2, -0.15) is 0 Å². The maximum atomic E-state index is 5.85. The Hall–Kier alpha value is -3.90. The molecule has 0 saturated heterocycles. The number of aromatic amines is 1. The van der Waals surface area contributed by atoms with Crippen molar-refractivity contribution in [3.63, 3.8) is 0 Å². The molecule has 0 spiro atoms. The lowest BCUT2D eigenvalue weighted by atomic mass is 10.0. The number of hydrogen-bond donors (Lipinski definition) is 1. The fourth-order valence-corrected chi connectivity index (χ4v) is 4.41. The molecule has 1 heterocycles. The number of aryl methyl sites for hydroxylation is 1. The van der Waals surface area contributed by atoms with Crippen molar-refractivity contribution in [1.29, 1.82) is 0 Å². The topological polar surface area (TPSA) is 62.7 Å². The van der Waals surface area contributed by atoms with Crippen LogP contribution in [-0.2, 0) is 11.3 Å². The van der Waals surface area contributed by atoms with Crippen LogP contribution in [0.15, 0.2) is 78.0 Å². The first kappa shape index (κ1) is 22.9. The van der Waals surface area contributed by atoms with Crippen molar-refractivity contribution in [2.75, 3.05) is 34.4 Å². The molecule has 0 unspecified atom stereocenters. The van der Waals surface area contributed by atoms with Gasteiger partial charge in [-0.15, -0.1) is 0 Å². The number of aromatic nitrogens is 2. The molecule has 1 N–H and O–H groups in total. The number of H-pyrrole nitrogens is 1. The Bertz CT molecular complexity index is 1320. The molecule has 178 valence electrons. The Kier molecular flexibility index (Phi) is 6.64. The molecular weight excluding hydrogens is 436 g/mol. The molecule has 3 aromatic carbocycles. The second kappa shape index (κ2) is 10.2. The third kappa shape index (κ3) is 4.98. The summed E-state index contributed by atoms with van der Waals surface area (Å²) in [6.45, 7) is 1.54. The van der Waals surface area contributed by atoms with Crippen molar-refractivity contribution in [3.8, 4) is 39.7 Å². The number of oxime groups is 1. The summed E-state index contributed by atoms with van der Waals surface area (Å²) >= 11 is 0. The number of imidazole rings is 1. The number of benzene rings is 3. The Balaban J connectivity index is 1.49. The van der Waals surface area contributed by atoms with Crippen LogP contribution in [0, 0.1) is 0 Å². The number of likely N-dealkylation sites (N-methyl/N-ethyl adjacent to an activating group) is 1. The van der Waals surface area contributed by atoms with Crippen LogP contribution in [0.1, 0.15) is 17.5 Å². The molecule has 0 radical (unpaired) electrons. The zero-order valence-corrected chi connectivity index (χ0v) is 20.4. The smallest absolute Gasteiger partial charge is 0.138 e. The average Bonchev–Trinajstić information content (AvgIpc) is 3.50. The summed E-state index contributed by atoms with van der Waals surface area (Å²) in [4.78, 5) is 15.8. The third-order valence-corrected chi connectivity index (χ3v) is 6.22. The third-order valence-electron chi connectivity index (χ3n) is 6.22. The highest BCUT2D eigenvalue weighted by Crippen LogP contribution is 2.35. The van der Waals surface area contributed by atoms with E-state index in [1.165, 1.54) is 5.56 Å². The van der Waals surface area contributed by atoms with Crippen LogP contribution in [0.2, 0.25) is 0 Å². The normalized spacial score (nSPS) is 13.9. The van der Waals surface area contributed by atoms with Gasteiger partial charge in [0.2, 0.25) is 0 Å². The first-order valence-corrected chi connectivity index (χ1v) is 11.9. The van der Waals surface area contributed by atoms with Gasteiger partial charge in [-0.05, 0) is 62.8 Å². The van der Waals surface area contributed by atoms with Crippen LogP contribution >= 0.6 is 0 Å². The van der Waals surface area contributed by atoms with Crippen molar-refractivity contribution in [2.24, 2.45) is 5.16 Å². The van der Waals surface area contributed by atoms with Crippen molar-refractivity contribution >= 4 is 5.71 Å². The highest BCUT2D eigenvalue weighted by Gasteiger charge is 2.21. The Morgan fingerprint density at radius 2 is 1.69 bits per heavy atom. The first-order valence-electron chi connectivity index (χ1n) is 11.9. The zero-order chi connectivity index (χ0) is 24.2. The van der Waals surface area contributed by atoms with Crippen LogP contribution in [0.25, 0.3) is 33.9 Å². The lowest BCUT2D eigenvalue weighted by molar-refractivity contribution is 0.213. The van der Waals surface area contributed by atoms with Crippen molar-refractivity contribution in [3.05, 3.63) is 83.9 Å². The summed E-state index contributed by atoms with van der Waals surface area (Å²) in [6, 6.07) is 25.0. The van der Waals surface area contributed by atoms with Gasteiger partial charge in [0.15, 0.2) is 0 Å². The number of ether oxygens (including phenoxy) is 1. The quantitative estimate of drug-likeness (QED) is 0.341. The Labute approximate surface area is 206 Å². The molecule has 5 rings (SSSR count). The van der Waals surface area contributed by atoms with Gasteiger partial charge in [-0.3, -0.25) is 0 Å². The maximum Gasteiger partial charge on any atom is 0.138 e. The summed E-state index contributed by atoms with van der Waals surface area (Å²) < 4.78 is 5.85. The fourth-order valence-electron chi connectivity index (χ4n) is 4.41. The number of fused-ring (bicyclic) bond motifs is 1. The van der Waals surface area contributed by atoms with E-state index in [0.717, 1.165) is 70.3 Å². The molecule has 4 aromatic rings. The Morgan fingerprint density at radius 3 is 2.43 bits per heavy atom. The molecule has 0 amide bonds. The molecule has 0 atom stereocenters. The molecule has 1 aliphatic carbocycles. The van der Waals surface area contributed by atoms with E-state index in [1.54, 1.807) is 7.11 Å². The fraction of sp³-hybridized carbons (Fsp3) is 0.241. The van der Waals surface area contributed by atoms with Gasteiger partial charge in [0.05, 0.1) is 17.1 Å². The predicted molar refractivity (Wildman–Crippen MR) is 141 cm³/mol. The molecule has 1 aromatic heterocycles. The number of hydrogen-bond acceptors (Lipinski definition) is 5. The van der Waals surface area contributed by atoms with Gasteiger partial charge in [0.25, 0.3) is 0 Å². The van der Waals surface area contributed by atoms with Gasteiger partial charge in [0.1, 0.15) is 25.3 Å². The minimum Gasteiger partial charge on any atom is -0.492 e. The molecule has 0 saturated carbocycles. The van der Waals surface area contributed by atoms with E-state index < -0.39 is 0 Å². The van der Waals surface area contributed by atoms with Gasteiger partial charge in [-0.1, -0.05) is 47.6 Å². The van der Waals surface area contributed by atoms with E-state index in [-0.39, 0.29) is 0 Å². The average molecular weight is 467 g/mol. The number of nitrogens with one attached hydrogen (secondary N) is 1. The van der Waals surface area contributed by atoms with Gasteiger partial charge >= 0.3 is 0 Å². The van der Waals surface area contributed by atoms with E-state index in [0.29, 0.717) is 6.61 Å². The highest BCUT2D eigenvalue weighted by atomic mass is 16.6. The molecule has 0 bridgehead atoms. The second-order valence-corrected chi connectivity index (χ2v) is 8.94. The summed E-state index contributed by atoms with van der Waals surface area (Å²) in [6.07, 6.45) is 1.85. The molecule has 6 nitrogen and oxygen atoms in total. The first-order chi connectivity index (χ1) is 17.1. The molecular formula is C29H30N4O2. The molecule has 0 fully saturated rings. The molecule has 1 aliphatic rings. The van der Waals surface area contributed by atoms with E-state index in [9.17, 15) is 0 Å². The highest BCUT2D eigenvalue weighted by molar-refractivity contribution is 6.04. The second-order valence-electron chi connectivity index (χ2n) is 8.94. The van der Waals surface area contributed by atoms with Crippen molar-refractivity contribution < 1.29 is 9.57 Å². The van der Waals surface area contributed by atoms with Gasteiger partial charge < -0.3 is 19.5 Å². The van der Waals surface area contributed by atoms with Crippen LogP contribution in [-0.4, -0.2) is 54.9 Å². The van der Waals surface area contributed by atoms with Crippen LogP contribution in [0.3, 0.4) is 0 Å². The van der Waals surface area contributed by atoms with E-state index in [4.69, 9.17) is 14.6 Å². The zero-order valence-electron chi connectivity index (χ0n) is 20.4. The maximum absolute atomic E-state index is 5.85. The molecule has 6 heteroatoms. The van der Waals surface area contributed by atoms with Gasteiger partial charge in [-0.25, -0.2) is 4.98 Å². The van der Waals surface area contributed by atoms with Crippen molar-refractivity contribution in [2.45, 2.75) is 12.8 Å². The minimum absolute atomic E-state index is 0.657. The van der Waals surface area contributed by atoms with Gasteiger partial charge in [0, 0.05) is 28.8 Å². The van der Waals surface area contributed by atoms with Crippen molar-refractivity contribution in [1.82, 2.24) is 14.9 Å². The minimum atomic E-state index is 0.657. The Morgan fingerprint density at radius 1 is 0.914 bits per heavy atom. The molecule has 0 aliphatic heterocycles. The van der Waals surface area contributed by atoms with E-state index in [1.807, 2.05) is 32.3 Å². The summed E-state index contributed by atoms with van der Waals surface area (Å²) in [7, 11) is 5.68. The standard InChI is InChI=1S/C29H30N4O2/c1-33(2)17-18-35-24-13-9-21(10-14-24)29-30-27(20-7-5-4-6-8-20)28(31-29)23-11-15-25-22(19-23)12-16-26(25)32-34-3/h4-11,13-15,19H,12,16-18H2,1-3H3,(H,30,31)/b32-26+. The molecule has 35 heavy (non-hydrogen) atoms. The lowest BCUT2D eigenvalue weighted by Gasteiger charge is -2.11. The summed E-state index contributed by atoms with van der Waals surface area (Å²) in [5.74, 6) is 1.69. The lowest BCUT2D eigenvalue weighted by Crippen LogP contribution is -2.19. The summed E-state index contributed by atoms with van der Waals surface area (Å²) in [5, 5.41) is 4.19. The number of nitrogens with zero attached hydrogens (tertiary/aromatic N) is 3. The predicted octanol–water partition coefficient (Wildman–Crippen LogP) is 5.65. The monoisotopic (exact) mass is 466 g/mol. The van der Waals surface area contributed by atoms with Crippen LogP contribution in [0.5, 0.6) is 5.75 Å². The summed E-state index contributed by atoms with van der Waals surface area (Å²) in [5.41, 5.74) is 8.61. The van der Waals surface area contributed by atoms with Crippen LogP contribution in [0.4, 0.5) is 0 Å². The number of rotatable bonds is 8. The largest absolute Gasteiger partial charge is 0.492 e.